The van der Waals surface area contributed by atoms with Crippen LogP contribution in [0.4, 0.5) is 0 Å². The Labute approximate surface area is 108 Å². The van der Waals surface area contributed by atoms with Crippen LogP contribution in [0.1, 0.15) is 27.2 Å². The molecule has 1 N–H and O–H groups in total. The van der Waals surface area contributed by atoms with E-state index in [1.54, 1.807) is 0 Å². The second-order valence-electron chi connectivity index (χ2n) is 5.10. The maximum absolute atomic E-state index is 4.16. The fourth-order valence-corrected chi connectivity index (χ4v) is 2.01. The molecular weight excluding hydrogens is 210 g/mol. The molecule has 1 atom stereocenters. The SMILES string of the molecule is C=C(CNCCC)CN(CC)C(C)CN(C)C. The van der Waals surface area contributed by atoms with Crippen LogP contribution in [-0.4, -0.2) is 62.7 Å². The van der Waals surface area contributed by atoms with Gasteiger partial charge in [-0.25, -0.2) is 0 Å². The number of nitrogens with zero attached hydrogens (tertiary/aromatic N) is 2. The normalized spacial score (nSPS) is 13.4. The predicted octanol–water partition coefficient (Wildman–Crippen LogP) is 1.81. The van der Waals surface area contributed by atoms with Crippen LogP contribution in [0.5, 0.6) is 0 Å². The summed E-state index contributed by atoms with van der Waals surface area (Å²) in [5.41, 5.74) is 1.28. The molecule has 3 nitrogen and oxygen atoms in total. The van der Waals surface area contributed by atoms with Crippen molar-refractivity contribution in [1.29, 1.82) is 0 Å². The molecule has 0 aromatic heterocycles. The van der Waals surface area contributed by atoms with Gasteiger partial charge in [-0.1, -0.05) is 20.4 Å². The minimum Gasteiger partial charge on any atom is -0.313 e. The van der Waals surface area contributed by atoms with Gasteiger partial charge in [0.1, 0.15) is 0 Å². The topological polar surface area (TPSA) is 18.5 Å². The van der Waals surface area contributed by atoms with E-state index in [4.69, 9.17) is 0 Å². The summed E-state index contributed by atoms with van der Waals surface area (Å²) in [6.45, 7) is 16.1. The summed E-state index contributed by atoms with van der Waals surface area (Å²) in [7, 11) is 4.25. The molecule has 102 valence electrons. The molecule has 1 unspecified atom stereocenters. The molecule has 0 spiro atoms. The standard InChI is InChI=1S/C14H31N3/c1-7-9-15-10-13(3)11-17(8-2)14(4)12-16(5)6/h14-15H,3,7-12H2,1-2,4-6H3. The number of rotatable bonds is 10. The van der Waals surface area contributed by atoms with E-state index in [2.05, 4.69) is 56.6 Å². The van der Waals surface area contributed by atoms with Crippen LogP contribution in [0.3, 0.4) is 0 Å². The third-order valence-corrected chi connectivity index (χ3v) is 2.89. The Balaban J connectivity index is 3.98. The van der Waals surface area contributed by atoms with Gasteiger partial charge in [0.2, 0.25) is 0 Å². The van der Waals surface area contributed by atoms with Crippen LogP contribution in [0.2, 0.25) is 0 Å². The molecule has 0 aromatic rings. The zero-order valence-electron chi connectivity index (χ0n) is 12.4. The minimum absolute atomic E-state index is 0.581. The minimum atomic E-state index is 0.581. The highest BCUT2D eigenvalue weighted by atomic mass is 15.2. The van der Waals surface area contributed by atoms with Gasteiger partial charge in [-0.2, -0.15) is 0 Å². The van der Waals surface area contributed by atoms with Crippen LogP contribution in [-0.2, 0) is 0 Å². The van der Waals surface area contributed by atoms with Gasteiger partial charge < -0.3 is 10.2 Å². The quantitative estimate of drug-likeness (QED) is 0.465. The molecule has 0 saturated carbocycles. The smallest absolute Gasteiger partial charge is 0.0206 e. The molecular formula is C14H31N3. The first kappa shape index (κ1) is 16.6. The maximum atomic E-state index is 4.16. The monoisotopic (exact) mass is 241 g/mol. The van der Waals surface area contributed by atoms with Gasteiger partial charge in [0.15, 0.2) is 0 Å². The summed E-state index contributed by atoms with van der Waals surface area (Å²) in [6.07, 6.45) is 1.18. The van der Waals surface area contributed by atoms with Crippen molar-refractivity contribution in [2.45, 2.75) is 33.2 Å². The molecule has 0 rings (SSSR count). The van der Waals surface area contributed by atoms with E-state index in [1.807, 2.05) is 0 Å². The average Bonchev–Trinajstić information content (AvgIpc) is 2.25. The molecule has 0 aliphatic rings. The molecule has 0 heterocycles. The van der Waals surface area contributed by atoms with Crippen molar-refractivity contribution >= 4 is 0 Å². The summed E-state index contributed by atoms with van der Waals surface area (Å²) in [5.74, 6) is 0. The lowest BCUT2D eigenvalue weighted by molar-refractivity contribution is 0.194. The molecule has 3 heteroatoms. The van der Waals surface area contributed by atoms with Crippen LogP contribution >= 0.6 is 0 Å². The Bertz CT molecular complexity index is 202. The van der Waals surface area contributed by atoms with Crippen LogP contribution in [0, 0.1) is 0 Å². The van der Waals surface area contributed by atoms with Gasteiger partial charge in [-0.15, -0.1) is 0 Å². The second-order valence-corrected chi connectivity index (χ2v) is 5.10. The van der Waals surface area contributed by atoms with Crippen molar-refractivity contribution in [1.82, 2.24) is 15.1 Å². The number of hydrogen-bond acceptors (Lipinski definition) is 3. The van der Waals surface area contributed by atoms with E-state index >= 15 is 0 Å². The Morgan fingerprint density at radius 1 is 1.29 bits per heavy atom. The summed E-state index contributed by atoms with van der Waals surface area (Å²) in [6, 6.07) is 0.581. The van der Waals surface area contributed by atoms with Crippen molar-refractivity contribution in [3.8, 4) is 0 Å². The third kappa shape index (κ3) is 8.36. The van der Waals surface area contributed by atoms with Crippen molar-refractivity contribution in [3.63, 3.8) is 0 Å². The van der Waals surface area contributed by atoms with E-state index in [1.165, 1.54) is 12.0 Å². The van der Waals surface area contributed by atoms with Gasteiger partial charge in [-0.05, 0) is 46.1 Å². The highest BCUT2D eigenvalue weighted by Gasteiger charge is 2.13. The highest BCUT2D eigenvalue weighted by molar-refractivity contribution is 5.00. The molecule has 0 aliphatic carbocycles. The van der Waals surface area contributed by atoms with E-state index in [9.17, 15) is 0 Å². The maximum Gasteiger partial charge on any atom is 0.0206 e. The van der Waals surface area contributed by atoms with E-state index in [-0.39, 0.29) is 0 Å². The van der Waals surface area contributed by atoms with Gasteiger partial charge in [0.25, 0.3) is 0 Å². The lowest BCUT2D eigenvalue weighted by atomic mass is 10.2. The molecule has 0 aromatic carbocycles. The predicted molar refractivity (Wildman–Crippen MR) is 77.6 cm³/mol. The Hall–Kier alpha value is -0.380. The fourth-order valence-electron chi connectivity index (χ4n) is 2.01. The van der Waals surface area contributed by atoms with E-state index in [0.29, 0.717) is 6.04 Å². The van der Waals surface area contributed by atoms with Crippen LogP contribution in [0.15, 0.2) is 12.2 Å². The molecule has 0 saturated heterocycles. The number of hydrogen-bond donors (Lipinski definition) is 1. The van der Waals surface area contributed by atoms with Gasteiger partial charge in [0.05, 0.1) is 0 Å². The Morgan fingerprint density at radius 3 is 2.41 bits per heavy atom. The van der Waals surface area contributed by atoms with Gasteiger partial charge in [0, 0.05) is 25.7 Å². The third-order valence-electron chi connectivity index (χ3n) is 2.89. The second kappa shape index (κ2) is 9.63. The van der Waals surface area contributed by atoms with E-state index < -0.39 is 0 Å². The largest absolute Gasteiger partial charge is 0.313 e. The molecule has 0 fully saturated rings. The van der Waals surface area contributed by atoms with Crippen molar-refractivity contribution in [3.05, 3.63) is 12.2 Å². The average molecular weight is 241 g/mol. The summed E-state index contributed by atoms with van der Waals surface area (Å²) >= 11 is 0. The first-order valence-electron chi connectivity index (χ1n) is 6.77. The van der Waals surface area contributed by atoms with Crippen molar-refractivity contribution in [2.75, 3.05) is 46.8 Å². The fraction of sp³-hybridized carbons (Fsp3) is 0.857. The van der Waals surface area contributed by atoms with Crippen LogP contribution in [0.25, 0.3) is 0 Å². The zero-order chi connectivity index (χ0) is 13.3. The van der Waals surface area contributed by atoms with Crippen molar-refractivity contribution in [2.24, 2.45) is 0 Å². The summed E-state index contributed by atoms with van der Waals surface area (Å²) < 4.78 is 0. The Morgan fingerprint density at radius 2 is 1.94 bits per heavy atom. The molecule has 0 aliphatic heterocycles. The van der Waals surface area contributed by atoms with Crippen LogP contribution < -0.4 is 5.32 Å². The molecule has 0 bridgehead atoms. The van der Waals surface area contributed by atoms with Crippen molar-refractivity contribution < 1.29 is 0 Å². The first-order valence-corrected chi connectivity index (χ1v) is 6.77. The zero-order valence-corrected chi connectivity index (χ0v) is 12.4. The molecule has 0 radical (unpaired) electrons. The highest BCUT2D eigenvalue weighted by Crippen LogP contribution is 2.03. The first-order chi connectivity index (χ1) is 8.01. The summed E-state index contributed by atoms with van der Waals surface area (Å²) in [4.78, 5) is 4.72. The summed E-state index contributed by atoms with van der Waals surface area (Å²) in [5, 5.41) is 3.41. The lowest BCUT2D eigenvalue weighted by Gasteiger charge is -2.30. The number of nitrogens with one attached hydrogen (secondary N) is 1. The lowest BCUT2D eigenvalue weighted by Crippen LogP contribution is -2.41. The molecule has 0 amide bonds. The Kier molecular flexibility index (Phi) is 9.41. The molecule has 17 heavy (non-hydrogen) atoms. The number of likely N-dealkylation sites (N-methyl/N-ethyl adjacent to an activating group) is 2. The van der Waals surface area contributed by atoms with Gasteiger partial charge >= 0.3 is 0 Å². The van der Waals surface area contributed by atoms with E-state index in [0.717, 1.165) is 32.7 Å². The van der Waals surface area contributed by atoms with Gasteiger partial charge in [-0.3, -0.25) is 4.90 Å².